The predicted molar refractivity (Wildman–Crippen MR) is 480 cm³/mol. The molecule has 0 radical (unpaired) electrons. The maximum Gasteiger partial charge on any atom is 0.138 e. The summed E-state index contributed by atoms with van der Waals surface area (Å²) in [6, 6.07) is 134. The average Bonchev–Trinajstić information content (AvgIpc) is 1.56. The number of para-hydroxylation sites is 10. The quantitative estimate of drug-likeness (QED) is 0.173. The lowest BCUT2D eigenvalue weighted by molar-refractivity contribution is 0.666. The number of nitrogens with zero attached hydrogens (tertiary/aromatic N) is 5. The van der Waals surface area contributed by atoms with E-state index in [0.29, 0.717) is 0 Å². The van der Waals surface area contributed by atoms with Crippen LogP contribution in [0.2, 0.25) is 0 Å². The summed E-state index contributed by atoms with van der Waals surface area (Å²) in [5.74, 6) is 0. The fourth-order valence-electron chi connectivity index (χ4n) is 17.5. The molecule has 24 aromatic rings. The first-order valence-electron chi connectivity index (χ1n) is 38.4. The van der Waals surface area contributed by atoms with Crippen molar-refractivity contribution in [3.63, 3.8) is 0 Å². The molecule has 0 unspecified atom stereocenters. The summed E-state index contributed by atoms with van der Waals surface area (Å²) >= 11 is 1.90. The predicted octanol–water partition coefficient (Wildman–Crippen LogP) is 29.1. The highest BCUT2D eigenvalue weighted by molar-refractivity contribution is 7.26. The summed E-state index contributed by atoms with van der Waals surface area (Å²) < 4.78 is 20.8. The second-order valence-corrected chi connectivity index (χ2v) is 30.4. The lowest BCUT2D eigenvalue weighted by Crippen LogP contribution is -1.93. The standard InChI is InChI=1S/C25H17NO.C25H17NS.2C19H15N.C17H13N/c2*1-16-8-7-12-20-23-22(27-25(16)20)15-14-19-18-11-5-6-13-21(18)26(24(19)23)17-9-3-2-4-10-17;1-14-11-12-19-17(13-14)16-9-5-6-10-18(16)20(19)15-7-3-2-4-8-15;1-14-11-12-17-16-9-5-6-10-18(16)20(19(17)13-14)15-7-3-2-4-8-15;1-18-16-9-5-4-8-14(16)15-11-10-12-6-2-3-7-13(12)17(15)18/h2*2-15H,1H3;2*2-13H,1H3;2-11H,1H3. The summed E-state index contributed by atoms with van der Waals surface area (Å²) in [6.45, 7) is 8.61. The van der Waals surface area contributed by atoms with Crippen molar-refractivity contribution in [2.24, 2.45) is 7.05 Å². The lowest BCUT2D eigenvalue weighted by Gasteiger charge is -2.08. The second kappa shape index (κ2) is 27.9. The zero-order valence-electron chi connectivity index (χ0n) is 62.8. The molecule has 0 saturated carbocycles. The molecule has 0 spiro atoms. The van der Waals surface area contributed by atoms with Gasteiger partial charge in [0.05, 0.1) is 55.0 Å². The van der Waals surface area contributed by atoms with Gasteiger partial charge in [0.1, 0.15) is 11.2 Å². The van der Waals surface area contributed by atoms with Gasteiger partial charge >= 0.3 is 0 Å². The number of hydrogen-bond acceptors (Lipinski definition) is 2. The Kier molecular flexibility index (Phi) is 16.8. The number of aromatic nitrogens is 5. The normalized spacial score (nSPS) is 11.6. The topological polar surface area (TPSA) is 37.8 Å². The van der Waals surface area contributed by atoms with Gasteiger partial charge < -0.3 is 27.3 Å². The van der Waals surface area contributed by atoms with E-state index in [4.69, 9.17) is 4.42 Å². The summed E-state index contributed by atoms with van der Waals surface area (Å²) in [7, 11) is 2.15. The molecule has 7 heteroatoms. The van der Waals surface area contributed by atoms with Crippen molar-refractivity contribution >= 4 is 173 Å². The first kappa shape index (κ1) is 67.4. The van der Waals surface area contributed by atoms with Crippen LogP contribution in [-0.2, 0) is 7.05 Å². The number of fused-ring (bicyclic) bond motifs is 25. The van der Waals surface area contributed by atoms with Gasteiger partial charge in [-0.2, -0.15) is 0 Å². The molecule has 24 rings (SSSR count). The van der Waals surface area contributed by atoms with Gasteiger partial charge in [-0.25, -0.2) is 0 Å². The van der Waals surface area contributed by atoms with Gasteiger partial charge in [0.25, 0.3) is 0 Å². The van der Waals surface area contributed by atoms with Gasteiger partial charge in [-0.3, -0.25) is 0 Å². The number of benzene rings is 17. The number of hydrogen-bond donors (Lipinski definition) is 0. The maximum absolute atomic E-state index is 6.26. The van der Waals surface area contributed by atoms with E-state index < -0.39 is 0 Å². The molecule has 6 nitrogen and oxygen atoms in total. The van der Waals surface area contributed by atoms with Gasteiger partial charge in [0, 0.05) is 120 Å². The van der Waals surface area contributed by atoms with Crippen LogP contribution in [0, 0.1) is 27.7 Å². The highest BCUT2D eigenvalue weighted by Crippen LogP contribution is 2.46. The molecule has 0 bridgehead atoms. The molecule has 0 N–H and O–H groups in total. The highest BCUT2D eigenvalue weighted by atomic mass is 32.1. The number of aryl methyl sites for hydroxylation is 5. The Morgan fingerprint density at radius 3 is 1.21 bits per heavy atom. The SMILES string of the molecule is Cc1ccc2c(c1)c1ccccc1n2-c1ccccc1.Cc1ccc2c3ccccc3n(-c3ccccc3)c2c1.Cc1cccc2c1oc1ccc3c4ccccc4n(-c4ccccc4)c3c12.Cc1cccc2c1sc1ccc3c4ccccc4n(-c4ccccc4)c3c12.Cn1c2ccccc2c2ccc3ccccc3c21. The minimum atomic E-state index is 0.937. The van der Waals surface area contributed by atoms with Crippen LogP contribution in [-0.4, -0.2) is 22.8 Å². The minimum absolute atomic E-state index is 0.937. The first-order valence-corrected chi connectivity index (χ1v) is 39.3. The Balaban J connectivity index is 0.0000000921. The van der Waals surface area contributed by atoms with E-state index in [-0.39, 0.29) is 0 Å². The van der Waals surface area contributed by atoms with Crippen molar-refractivity contribution in [3.8, 4) is 22.7 Å². The third-order valence-electron chi connectivity index (χ3n) is 22.5. The molecular weight excluding hydrogens is 1380 g/mol. The van der Waals surface area contributed by atoms with Crippen molar-refractivity contribution in [3.05, 3.63) is 398 Å². The van der Waals surface area contributed by atoms with E-state index in [2.05, 4.69) is 434 Å². The first-order chi connectivity index (χ1) is 55.2. The van der Waals surface area contributed by atoms with Crippen molar-refractivity contribution in [1.82, 2.24) is 22.8 Å². The Bertz CT molecular complexity index is 7500. The monoisotopic (exact) mass is 1460 g/mol. The summed E-state index contributed by atoms with van der Waals surface area (Å²) in [5.41, 5.74) is 24.5. The molecule has 7 aromatic heterocycles. The second-order valence-electron chi connectivity index (χ2n) is 29.3. The Hall–Kier alpha value is -14.0. The van der Waals surface area contributed by atoms with E-state index >= 15 is 0 Å². The van der Waals surface area contributed by atoms with Gasteiger partial charge in [-0.1, -0.05) is 266 Å². The van der Waals surface area contributed by atoms with Crippen LogP contribution in [0.25, 0.3) is 185 Å². The van der Waals surface area contributed by atoms with Crippen molar-refractivity contribution < 1.29 is 4.42 Å². The van der Waals surface area contributed by atoms with Crippen molar-refractivity contribution in [2.45, 2.75) is 27.7 Å². The molecule has 112 heavy (non-hydrogen) atoms. The van der Waals surface area contributed by atoms with Gasteiger partial charge in [0.2, 0.25) is 0 Å². The Morgan fingerprint density at radius 2 is 0.625 bits per heavy atom. The van der Waals surface area contributed by atoms with Crippen LogP contribution < -0.4 is 0 Å². The van der Waals surface area contributed by atoms with Crippen molar-refractivity contribution in [2.75, 3.05) is 0 Å². The molecule has 0 aliphatic rings. The van der Waals surface area contributed by atoms with Crippen LogP contribution in [0.5, 0.6) is 0 Å². The fourth-order valence-corrected chi connectivity index (χ4v) is 18.6. The maximum atomic E-state index is 6.26. The number of furan rings is 1. The minimum Gasteiger partial charge on any atom is -0.456 e. The molecule has 534 valence electrons. The summed E-state index contributed by atoms with van der Waals surface area (Å²) in [4.78, 5) is 0. The number of thiophene rings is 1. The Labute approximate surface area is 651 Å². The van der Waals surface area contributed by atoms with E-state index in [1.54, 1.807) is 0 Å². The third-order valence-corrected chi connectivity index (χ3v) is 23.8. The highest BCUT2D eigenvalue weighted by Gasteiger charge is 2.22. The molecule has 0 atom stereocenters. The smallest absolute Gasteiger partial charge is 0.138 e. The van der Waals surface area contributed by atoms with Gasteiger partial charge in [-0.05, 0) is 165 Å². The van der Waals surface area contributed by atoms with Crippen LogP contribution in [0.15, 0.2) is 381 Å². The molecule has 0 aliphatic carbocycles. The summed E-state index contributed by atoms with van der Waals surface area (Å²) in [5, 5.41) is 20.8. The molecule has 0 aliphatic heterocycles. The van der Waals surface area contributed by atoms with Crippen molar-refractivity contribution in [1.29, 1.82) is 0 Å². The molecular formula is C105H77N5OS. The molecule has 0 amide bonds. The molecule has 17 aromatic carbocycles. The van der Waals surface area contributed by atoms with Gasteiger partial charge in [0.15, 0.2) is 0 Å². The van der Waals surface area contributed by atoms with Crippen LogP contribution in [0.3, 0.4) is 0 Å². The summed E-state index contributed by atoms with van der Waals surface area (Å²) in [6.07, 6.45) is 0. The zero-order chi connectivity index (χ0) is 75.1. The molecule has 0 saturated heterocycles. The van der Waals surface area contributed by atoms with E-state index in [1.165, 1.54) is 196 Å². The average molecular weight is 1460 g/mol. The third kappa shape index (κ3) is 11.3. The zero-order valence-corrected chi connectivity index (χ0v) is 63.7. The van der Waals surface area contributed by atoms with Crippen LogP contribution in [0.4, 0.5) is 0 Å². The van der Waals surface area contributed by atoms with Gasteiger partial charge in [-0.15, -0.1) is 11.3 Å². The lowest BCUT2D eigenvalue weighted by atomic mass is 10.1. The van der Waals surface area contributed by atoms with E-state index in [9.17, 15) is 0 Å². The molecule has 7 heterocycles. The Morgan fingerprint density at radius 1 is 0.241 bits per heavy atom. The van der Waals surface area contributed by atoms with E-state index in [1.807, 2.05) is 11.3 Å². The van der Waals surface area contributed by atoms with E-state index in [0.717, 1.165) is 11.2 Å². The number of rotatable bonds is 4. The van der Waals surface area contributed by atoms with Crippen LogP contribution in [0.1, 0.15) is 22.3 Å². The largest absolute Gasteiger partial charge is 0.456 e. The van der Waals surface area contributed by atoms with Crippen LogP contribution >= 0.6 is 11.3 Å². The molecule has 0 fully saturated rings. The fraction of sp³-hybridized carbons (Fsp3) is 0.0476.